The largest absolute Gasteiger partial charge is 0.423 e. The summed E-state index contributed by atoms with van der Waals surface area (Å²) in [5.41, 5.74) is 1.37. The van der Waals surface area contributed by atoms with Crippen LogP contribution < -0.4 is 4.74 Å². The molecule has 0 N–H and O–H groups in total. The molecular weight excluding hydrogens is 411 g/mol. The Morgan fingerprint density at radius 3 is 2.61 bits per heavy atom. The fraction of sp³-hybridized carbons (Fsp3) is 0.300. The van der Waals surface area contributed by atoms with Crippen molar-refractivity contribution in [3.8, 4) is 17.6 Å². The van der Waals surface area contributed by atoms with Crippen LogP contribution in [0.15, 0.2) is 72.8 Å². The van der Waals surface area contributed by atoms with Crippen molar-refractivity contribution in [3.63, 3.8) is 0 Å². The van der Waals surface area contributed by atoms with E-state index in [0.717, 1.165) is 11.5 Å². The van der Waals surface area contributed by atoms with E-state index in [1.807, 2.05) is 12.1 Å². The highest BCUT2D eigenvalue weighted by Gasteiger charge is 2.19. The molecule has 3 aromatic carbocycles. The minimum atomic E-state index is -0.443. The van der Waals surface area contributed by atoms with Crippen molar-refractivity contribution < 1.29 is 13.9 Å². The van der Waals surface area contributed by atoms with E-state index in [1.165, 1.54) is 44.6 Å². The summed E-state index contributed by atoms with van der Waals surface area (Å²) in [6.45, 7) is 2.08. The minimum Gasteiger partial charge on any atom is -0.423 e. The summed E-state index contributed by atoms with van der Waals surface area (Å²) in [5.74, 6) is 7.66. The van der Waals surface area contributed by atoms with Crippen molar-refractivity contribution in [3.05, 3.63) is 89.8 Å². The molecule has 2 nitrogen and oxygen atoms in total. The Morgan fingerprint density at radius 1 is 1.06 bits per heavy atom. The molecule has 33 heavy (non-hydrogen) atoms. The highest BCUT2D eigenvalue weighted by Crippen LogP contribution is 2.31. The molecule has 0 saturated heterocycles. The number of fused-ring (bicyclic) bond motifs is 1. The van der Waals surface area contributed by atoms with Crippen molar-refractivity contribution in [2.24, 2.45) is 11.8 Å². The molecule has 0 heterocycles. The van der Waals surface area contributed by atoms with Crippen LogP contribution in [0, 0.1) is 29.5 Å². The molecule has 0 spiro atoms. The fourth-order valence-corrected chi connectivity index (χ4v) is 4.42. The third kappa shape index (κ3) is 6.11. The summed E-state index contributed by atoms with van der Waals surface area (Å²) in [4.78, 5) is 12.5. The zero-order valence-electron chi connectivity index (χ0n) is 19.0. The molecule has 3 heteroatoms. The molecule has 3 aromatic rings. The van der Waals surface area contributed by atoms with Crippen LogP contribution in [0.2, 0.25) is 0 Å². The van der Waals surface area contributed by atoms with Crippen LogP contribution in [-0.2, 0) is 0 Å². The summed E-state index contributed by atoms with van der Waals surface area (Å²) in [7, 11) is 0. The van der Waals surface area contributed by atoms with Gasteiger partial charge in [0, 0.05) is 16.9 Å². The van der Waals surface area contributed by atoms with Gasteiger partial charge in [0.05, 0.1) is 5.56 Å². The third-order valence-electron chi connectivity index (χ3n) is 6.37. The average Bonchev–Trinajstić information content (AvgIpc) is 2.84. The third-order valence-corrected chi connectivity index (χ3v) is 6.37. The predicted molar refractivity (Wildman–Crippen MR) is 132 cm³/mol. The molecule has 0 atom stereocenters. The lowest BCUT2D eigenvalue weighted by atomic mass is 9.80. The maximum atomic E-state index is 13.8. The first-order valence-corrected chi connectivity index (χ1v) is 11.8. The molecule has 1 aliphatic rings. The lowest BCUT2D eigenvalue weighted by molar-refractivity contribution is 0.0735. The van der Waals surface area contributed by atoms with Gasteiger partial charge in [-0.2, -0.15) is 0 Å². The molecular formula is C30H29FO2. The molecule has 4 rings (SSSR count). The van der Waals surface area contributed by atoms with Crippen molar-refractivity contribution in [2.75, 3.05) is 0 Å². The summed E-state index contributed by atoms with van der Waals surface area (Å²) in [6, 6.07) is 17.0. The van der Waals surface area contributed by atoms with Crippen LogP contribution >= 0.6 is 0 Å². The van der Waals surface area contributed by atoms with Gasteiger partial charge in [-0.25, -0.2) is 9.18 Å². The van der Waals surface area contributed by atoms with Gasteiger partial charge >= 0.3 is 5.97 Å². The monoisotopic (exact) mass is 440 g/mol. The van der Waals surface area contributed by atoms with Crippen molar-refractivity contribution in [1.82, 2.24) is 0 Å². The standard InChI is InChI=1S/C30H29FO2/c1-2-3-4-6-22-9-11-23(12-10-22)13-14-24-15-17-25(18-16-24)30(32)33-27-19-20-28-26(21-27)7-5-8-29(28)31/h2-3,5,7-8,15-23H,4,6,9-12H2,1H3/b3-2+. The minimum absolute atomic E-state index is 0.292. The zero-order valence-corrected chi connectivity index (χ0v) is 19.0. The quantitative estimate of drug-likeness (QED) is 0.176. The normalized spacial score (nSPS) is 18.1. The number of ether oxygens (including phenoxy) is 1. The van der Waals surface area contributed by atoms with Gasteiger partial charge in [-0.3, -0.25) is 0 Å². The fourth-order valence-electron chi connectivity index (χ4n) is 4.42. The van der Waals surface area contributed by atoms with Gasteiger partial charge in [0.25, 0.3) is 0 Å². The number of benzene rings is 3. The Labute approximate surface area is 195 Å². The molecule has 0 radical (unpaired) electrons. The van der Waals surface area contributed by atoms with Gasteiger partial charge in [-0.15, -0.1) is 0 Å². The van der Waals surface area contributed by atoms with E-state index in [0.29, 0.717) is 28.0 Å². The van der Waals surface area contributed by atoms with Crippen LogP contribution in [0.5, 0.6) is 5.75 Å². The molecule has 168 valence electrons. The summed E-state index contributed by atoms with van der Waals surface area (Å²) in [5, 5.41) is 1.19. The van der Waals surface area contributed by atoms with E-state index in [2.05, 4.69) is 30.9 Å². The second kappa shape index (κ2) is 11.0. The molecule has 1 saturated carbocycles. The van der Waals surface area contributed by atoms with Crippen LogP contribution in [0.4, 0.5) is 4.39 Å². The molecule has 0 amide bonds. The summed E-state index contributed by atoms with van der Waals surface area (Å²) in [6.07, 6.45) is 11.7. The van der Waals surface area contributed by atoms with Crippen LogP contribution in [0.25, 0.3) is 10.8 Å². The van der Waals surface area contributed by atoms with Gasteiger partial charge in [-0.1, -0.05) is 36.1 Å². The topological polar surface area (TPSA) is 26.3 Å². The number of hydrogen-bond donors (Lipinski definition) is 0. The Hall–Kier alpha value is -3.38. The SMILES string of the molecule is C/C=C/CCC1CCC(C#Cc2ccc(C(=O)Oc3ccc4c(F)cccc4c3)cc2)CC1. The second-order valence-electron chi connectivity index (χ2n) is 8.72. The highest BCUT2D eigenvalue weighted by molar-refractivity contribution is 5.92. The smallest absolute Gasteiger partial charge is 0.343 e. The van der Waals surface area contributed by atoms with E-state index >= 15 is 0 Å². The maximum Gasteiger partial charge on any atom is 0.343 e. The number of halogens is 1. The summed E-state index contributed by atoms with van der Waals surface area (Å²) < 4.78 is 19.3. The van der Waals surface area contributed by atoms with Gasteiger partial charge < -0.3 is 4.74 Å². The maximum absolute atomic E-state index is 13.8. The number of allylic oxidation sites excluding steroid dienone is 2. The van der Waals surface area contributed by atoms with Crippen molar-refractivity contribution in [2.45, 2.75) is 45.4 Å². The number of rotatable bonds is 5. The first-order chi connectivity index (χ1) is 16.1. The van der Waals surface area contributed by atoms with E-state index in [4.69, 9.17) is 4.74 Å². The molecule has 0 aromatic heterocycles. The molecule has 1 aliphatic carbocycles. The lowest BCUT2D eigenvalue weighted by Crippen LogP contribution is -2.13. The Bertz CT molecular complexity index is 1190. The average molecular weight is 441 g/mol. The first-order valence-electron chi connectivity index (χ1n) is 11.8. The van der Waals surface area contributed by atoms with Crippen LogP contribution in [0.3, 0.4) is 0 Å². The van der Waals surface area contributed by atoms with Gasteiger partial charge in [0.15, 0.2) is 0 Å². The van der Waals surface area contributed by atoms with Crippen LogP contribution in [-0.4, -0.2) is 5.97 Å². The highest BCUT2D eigenvalue weighted by atomic mass is 19.1. The first kappa shape index (κ1) is 22.8. The van der Waals surface area contributed by atoms with Crippen LogP contribution in [0.1, 0.15) is 61.4 Å². The second-order valence-corrected chi connectivity index (χ2v) is 8.72. The van der Waals surface area contributed by atoms with Crippen molar-refractivity contribution >= 4 is 16.7 Å². The molecule has 0 unspecified atom stereocenters. The summed E-state index contributed by atoms with van der Waals surface area (Å²) >= 11 is 0. The number of hydrogen-bond acceptors (Lipinski definition) is 2. The number of carbonyl (C=O) groups is 1. The Balaban J connectivity index is 1.32. The lowest BCUT2D eigenvalue weighted by Gasteiger charge is -2.25. The van der Waals surface area contributed by atoms with E-state index in [1.54, 1.807) is 42.5 Å². The molecule has 0 aliphatic heterocycles. The molecule has 0 bridgehead atoms. The Kier molecular flexibility index (Phi) is 7.58. The van der Waals surface area contributed by atoms with E-state index in [9.17, 15) is 9.18 Å². The predicted octanol–water partition coefficient (Wildman–Crippen LogP) is 7.71. The van der Waals surface area contributed by atoms with Crippen molar-refractivity contribution in [1.29, 1.82) is 0 Å². The van der Waals surface area contributed by atoms with Gasteiger partial charge in [0.2, 0.25) is 0 Å². The molecule has 1 fully saturated rings. The van der Waals surface area contributed by atoms with E-state index in [-0.39, 0.29) is 5.82 Å². The Morgan fingerprint density at radius 2 is 1.85 bits per heavy atom. The number of carbonyl (C=O) groups excluding carboxylic acids is 1. The van der Waals surface area contributed by atoms with Gasteiger partial charge in [0.1, 0.15) is 11.6 Å². The van der Waals surface area contributed by atoms with E-state index < -0.39 is 5.97 Å². The zero-order chi connectivity index (χ0) is 23.0. The van der Waals surface area contributed by atoms with Gasteiger partial charge in [-0.05, 0) is 105 Å². The number of esters is 1.